The fraction of sp³-hybridized carbons (Fsp3) is 0. The van der Waals surface area contributed by atoms with E-state index in [2.05, 4.69) is 38.7 Å². The van der Waals surface area contributed by atoms with Gasteiger partial charge in [-0.15, -0.1) is 0 Å². The number of hydrogen-bond donors (Lipinski definition) is 3. The highest BCUT2D eigenvalue weighted by Gasteiger charge is 1.90. The van der Waals surface area contributed by atoms with Crippen molar-refractivity contribution in [2.45, 2.75) is 0 Å². The molecule has 10 heavy (non-hydrogen) atoms. The Kier molecular flexibility index (Phi) is 4.84. The Hall–Kier alpha value is 0.0600. The van der Waals surface area contributed by atoms with Crippen LogP contribution >= 0.6 is 17.9 Å². The molecule has 0 spiro atoms. The van der Waals surface area contributed by atoms with Gasteiger partial charge in [-0.3, -0.25) is 0 Å². The predicted molar refractivity (Wildman–Crippen MR) is 42.0 cm³/mol. The van der Waals surface area contributed by atoms with Crippen LogP contribution in [0.1, 0.15) is 0 Å². The minimum atomic E-state index is -3.11. The van der Waals surface area contributed by atoms with Crippen molar-refractivity contribution in [3.05, 3.63) is 12.7 Å². The molecular formula is C2H5N2O3PS2. The topological polar surface area (TPSA) is 79.4 Å². The molecule has 1 rings (SSSR count). The molecule has 1 aromatic heterocycles. The van der Waals surface area contributed by atoms with E-state index in [0.29, 0.717) is 0 Å². The molecule has 0 atom stereocenters. The molecule has 1 aromatic rings. The van der Waals surface area contributed by atoms with Gasteiger partial charge in [0.15, 0.2) is 6.33 Å². The third-order valence-electron chi connectivity index (χ3n) is 0.283. The Balaban J connectivity index is 0.000000162. The first-order valence-electron chi connectivity index (χ1n) is 1.98. The lowest BCUT2D eigenvalue weighted by atomic mass is 11.3. The summed E-state index contributed by atoms with van der Waals surface area (Å²) in [7, 11) is 0. The SMILES string of the molecule is OP(O)(=S)S.c1ncon1. The van der Waals surface area contributed by atoms with E-state index in [-0.39, 0.29) is 0 Å². The Labute approximate surface area is 67.4 Å². The number of rotatable bonds is 0. The van der Waals surface area contributed by atoms with Gasteiger partial charge < -0.3 is 14.3 Å². The maximum absolute atomic E-state index is 7.87. The van der Waals surface area contributed by atoms with Crippen LogP contribution < -0.4 is 0 Å². The van der Waals surface area contributed by atoms with E-state index in [0.717, 1.165) is 0 Å². The van der Waals surface area contributed by atoms with Gasteiger partial charge in [-0.25, -0.2) is 4.98 Å². The molecular weight excluding hydrogens is 195 g/mol. The van der Waals surface area contributed by atoms with Crippen molar-refractivity contribution < 1.29 is 14.3 Å². The molecule has 0 fully saturated rings. The second kappa shape index (κ2) is 4.81. The maximum atomic E-state index is 7.87. The van der Waals surface area contributed by atoms with E-state index in [1.165, 1.54) is 12.7 Å². The molecule has 0 aliphatic carbocycles. The lowest BCUT2D eigenvalue weighted by Gasteiger charge is -1.88. The Morgan fingerprint density at radius 2 is 2.10 bits per heavy atom. The molecule has 0 radical (unpaired) electrons. The first-order chi connectivity index (χ1) is 4.50. The predicted octanol–water partition coefficient (Wildman–Crippen LogP) is 0.195. The zero-order chi connectivity index (χ0) is 8.04. The van der Waals surface area contributed by atoms with Crippen molar-refractivity contribution in [2.75, 3.05) is 0 Å². The van der Waals surface area contributed by atoms with Crippen molar-refractivity contribution >= 4 is 29.7 Å². The molecule has 5 nitrogen and oxygen atoms in total. The van der Waals surface area contributed by atoms with Crippen LogP contribution in [0.3, 0.4) is 0 Å². The molecule has 0 aliphatic heterocycles. The molecule has 0 unspecified atom stereocenters. The largest absolute Gasteiger partial charge is 0.343 e. The summed E-state index contributed by atoms with van der Waals surface area (Å²) in [5.41, 5.74) is -3.11. The highest BCUT2D eigenvalue weighted by Crippen LogP contribution is 2.39. The fourth-order valence-electron chi connectivity index (χ4n) is 0.136. The highest BCUT2D eigenvalue weighted by atomic mass is 32.9. The highest BCUT2D eigenvalue weighted by molar-refractivity contribution is 8.59. The minimum Gasteiger partial charge on any atom is -0.343 e. The molecule has 0 aliphatic rings. The van der Waals surface area contributed by atoms with E-state index in [4.69, 9.17) is 9.79 Å². The van der Waals surface area contributed by atoms with Crippen LogP contribution in [0.25, 0.3) is 0 Å². The molecule has 0 amide bonds. The third-order valence-corrected chi connectivity index (χ3v) is 0.283. The first-order valence-corrected chi connectivity index (χ1v) is 5.84. The number of nitrogens with zero attached hydrogens (tertiary/aromatic N) is 2. The summed E-state index contributed by atoms with van der Waals surface area (Å²) in [6, 6.07) is 0. The van der Waals surface area contributed by atoms with Crippen molar-refractivity contribution in [1.29, 1.82) is 0 Å². The molecule has 0 aromatic carbocycles. The second-order valence-electron chi connectivity index (χ2n) is 1.09. The van der Waals surface area contributed by atoms with Crippen molar-refractivity contribution in [2.24, 2.45) is 0 Å². The standard InChI is InChI=1S/C2H2N2O.H3O2PS2/c1-3-2-5-4-1;1-3(2,4)5/h1-2H;(H3,1,2,4,5). The van der Waals surface area contributed by atoms with Crippen LogP contribution in [-0.2, 0) is 11.8 Å². The van der Waals surface area contributed by atoms with Gasteiger partial charge in [0.2, 0.25) is 12.1 Å². The first kappa shape index (κ1) is 10.1. The lowest BCUT2D eigenvalue weighted by Crippen LogP contribution is -1.53. The van der Waals surface area contributed by atoms with Gasteiger partial charge in [0.1, 0.15) is 0 Å². The molecule has 1 heterocycles. The zero-order valence-corrected chi connectivity index (χ0v) is 7.26. The second-order valence-corrected chi connectivity index (χ2v) is 6.13. The van der Waals surface area contributed by atoms with E-state index in [9.17, 15) is 0 Å². The number of thiol groups is 1. The van der Waals surface area contributed by atoms with Gasteiger partial charge >= 0.3 is 0 Å². The van der Waals surface area contributed by atoms with Crippen molar-refractivity contribution in [3.63, 3.8) is 0 Å². The maximum Gasteiger partial charge on any atom is 0.239 e. The average Bonchev–Trinajstić information content (AvgIpc) is 2.07. The van der Waals surface area contributed by atoms with Crippen LogP contribution in [0.15, 0.2) is 17.2 Å². The summed E-state index contributed by atoms with van der Waals surface area (Å²) < 4.78 is 4.22. The molecule has 0 bridgehead atoms. The summed E-state index contributed by atoms with van der Waals surface area (Å²) in [6.07, 6.45) is 2.60. The summed E-state index contributed by atoms with van der Waals surface area (Å²) in [4.78, 5) is 19.2. The Bertz CT molecular complexity index is 171. The van der Waals surface area contributed by atoms with Gasteiger partial charge in [-0.1, -0.05) is 17.4 Å². The van der Waals surface area contributed by atoms with Crippen molar-refractivity contribution in [3.8, 4) is 0 Å². The average molecular weight is 200 g/mol. The minimum absolute atomic E-state index is 1.26. The lowest BCUT2D eigenvalue weighted by molar-refractivity contribution is 0.416. The summed E-state index contributed by atoms with van der Waals surface area (Å²) in [6.45, 7) is 0. The molecule has 2 N–H and O–H groups in total. The Morgan fingerprint density at radius 1 is 1.60 bits per heavy atom. The van der Waals surface area contributed by atoms with E-state index < -0.39 is 5.69 Å². The molecule has 0 saturated heterocycles. The molecule has 0 saturated carbocycles. The number of aromatic nitrogens is 2. The van der Waals surface area contributed by atoms with Gasteiger partial charge in [0, 0.05) is 0 Å². The summed E-state index contributed by atoms with van der Waals surface area (Å²) in [5, 5.41) is 3.24. The molecule has 8 heteroatoms. The smallest absolute Gasteiger partial charge is 0.239 e. The van der Waals surface area contributed by atoms with E-state index >= 15 is 0 Å². The van der Waals surface area contributed by atoms with Crippen LogP contribution in [0.5, 0.6) is 0 Å². The van der Waals surface area contributed by atoms with Crippen LogP contribution in [0.2, 0.25) is 0 Å². The third kappa shape index (κ3) is 15.7. The fourth-order valence-corrected chi connectivity index (χ4v) is 0.136. The Morgan fingerprint density at radius 3 is 2.20 bits per heavy atom. The van der Waals surface area contributed by atoms with Crippen LogP contribution in [0.4, 0.5) is 0 Å². The molecule has 58 valence electrons. The summed E-state index contributed by atoms with van der Waals surface area (Å²) >= 11 is 7.07. The quantitative estimate of drug-likeness (QED) is 0.410. The van der Waals surface area contributed by atoms with Crippen molar-refractivity contribution in [1.82, 2.24) is 10.1 Å². The number of hydrogen-bond acceptors (Lipinski definition) is 4. The van der Waals surface area contributed by atoms with E-state index in [1.54, 1.807) is 0 Å². The monoisotopic (exact) mass is 200 g/mol. The summed E-state index contributed by atoms with van der Waals surface area (Å²) in [5.74, 6) is 0. The van der Waals surface area contributed by atoms with Gasteiger partial charge in [0.25, 0.3) is 0 Å². The van der Waals surface area contributed by atoms with Gasteiger partial charge in [-0.05, 0) is 11.8 Å². The van der Waals surface area contributed by atoms with E-state index in [1.807, 2.05) is 0 Å². The normalized spacial score (nSPS) is 9.90. The van der Waals surface area contributed by atoms with Crippen LogP contribution in [-0.4, -0.2) is 19.9 Å². The zero-order valence-electron chi connectivity index (χ0n) is 4.65. The van der Waals surface area contributed by atoms with Gasteiger partial charge in [-0.2, -0.15) is 0 Å². The van der Waals surface area contributed by atoms with Crippen LogP contribution in [0, 0.1) is 0 Å². The van der Waals surface area contributed by atoms with Gasteiger partial charge in [0.05, 0.1) is 0 Å².